The van der Waals surface area contributed by atoms with Gasteiger partial charge in [-0.2, -0.15) is 0 Å². The van der Waals surface area contributed by atoms with Gasteiger partial charge in [-0.1, -0.05) is 15.9 Å². The third kappa shape index (κ3) is 3.28. The predicted molar refractivity (Wildman–Crippen MR) is 88.4 cm³/mol. The molecule has 0 aliphatic carbocycles. The lowest BCUT2D eigenvalue weighted by molar-refractivity contribution is -0.139. The van der Waals surface area contributed by atoms with E-state index in [2.05, 4.69) is 15.9 Å². The van der Waals surface area contributed by atoms with Gasteiger partial charge in [0.1, 0.15) is 11.4 Å². The molecule has 1 saturated heterocycles. The van der Waals surface area contributed by atoms with Crippen LogP contribution in [0.25, 0.3) is 6.08 Å². The summed E-state index contributed by atoms with van der Waals surface area (Å²) in [4.78, 5) is 25.8. The summed E-state index contributed by atoms with van der Waals surface area (Å²) in [6.45, 7) is -0.458. The van der Waals surface area contributed by atoms with Gasteiger partial charge in [0.25, 0.3) is 5.91 Å². The molecule has 116 valence electrons. The molecule has 1 amide bonds. The van der Waals surface area contributed by atoms with Crippen LogP contribution in [0.1, 0.15) is 5.56 Å². The van der Waals surface area contributed by atoms with E-state index in [1.807, 2.05) is 0 Å². The van der Waals surface area contributed by atoms with Gasteiger partial charge in [-0.3, -0.25) is 9.69 Å². The third-order valence-electron chi connectivity index (χ3n) is 3.07. The Morgan fingerprint density at radius 1 is 1.41 bits per heavy atom. The van der Waals surface area contributed by atoms with E-state index >= 15 is 0 Å². The number of carboxylic acid groups (broad SMARTS) is 1. The Balaban J connectivity index is 2.41. The summed E-state index contributed by atoms with van der Waals surface area (Å²) in [5.41, 5.74) is 0.981. The molecule has 1 aromatic rings. The van der Waals surface area contributed by atoms with Crippen LogP contribution in [0.4, 0.5) is 0 Å². The molecule has 0 aromatic heterocycles. The molecule has 1 aliphatic heterocycles. The summed E-state index contributed by atoms with van der Waals surface area (Å²) in [7, 11) is 3.30. The molecule has 1 heterocycles. The van der Waals surface area contributed by atoms with Crippen LogP contribution >= 0.6 is 28.1 Å². The highest BCUT2D eigenvalue weighted by atomic mass is 79.9. The number of benzene rings is 1. The molecule has 8 heteroatoms. The van der Waals surface area contributed by atoms with Crippen LogP contribution in [0.3, 0.4) is 0 Å². The van der Waals surface area contributed by atoms with Gasteiger partial charge in [0.15, 0.2) is 11.7 Å². The second-order valence-electron chi connectivity index (χ2n) is 4.60. The fourth-order valence-corrected chi connectivity index (χ4v) is 2.50. The quantitative estimate of drug-likeness (QED) is 0.631. The Kier molecular flexibility index (Phi) is 4.82. The van der Waals surface area contributed by atoms with Crippen molar-refractivity contribution in [3.05, 3.63) is 33.9 Å². The Bertz CT molecular complexity index is 689. The molecule has 2 rings (SSSR count). The first-order valence-electron chi connectivity index (χ1n) is 6.23. The largest absolute Gasteiger partial charge is 0.481 e. The number of ether oxygens (including phenoxy) is 1. The van der Waals surface area contributed by atoms with E-state index < -0.39 is 12.6 Å². The highest BCUT2D eigenvalue weighted by Crippen LogP contribution is 2.28. The van der Waals surface area contributed by atoms with Crippen LogP contribution < -0.4 is 4.74 Å². The summed E-state index contributed by atoms with van der Waals surface area (Å²) in [6, 6.07) is 5.11. The van der Waals surface area contributed by atoms with E-state index in [1.165, 1.54) is 4.90 Å². The first kappa shape index (κ1) is 16.4. The highest BCUT2D eigenvalue weighted by Gasteiger charge is 2.32. The predicted octanol–water partition coefficient (Wildman–Crippen LogP) is 1.94. The molecule has 0 saturated carbocycles. The molecule has 0 radical (unpaired) electrons. The van der Waals surface area contributed by atoms with Crippen molar-refractivity contribution in [2.45, 2.75) is 0 Å². The molecule has 1 aliphatic rings. The maximum atomic E-state index is 12.2. The Morgan fingerprint density at radius 2 is 2.09 bits per heavy atom. The van der Waals surface area contributed by atoms with Crippen LogP contribution in [0.5, 0.6) is 5.75 Å². The normalized spacial score (nSPS) is 16.6. The van der Waals surface area contributed by atoms with E-state index in [0.717, 1.165) is 4.47 Å². The molecular weight excluding hydrogens is 372 g/mol. The van der Waals surface area contributed by atoms with Gasteiger partial charge in [-0.15, -0.1) is 0 Å². The fraction of sp³-hybridized carbons (Fsp3) is 0.214. The number of likely N-dealkylation sites (N-methyl/N-ethyl adjacent to an activating group) is 2. The van der Waals surface area contributed by atoms with Gasteiger partial charge in [0, 0.05) is 24.1 Å². The first-order chi connectivity index (χ1) is 10.3. The summed E-state index contributed by atoms with van der Waals surface area (Å²) in [6.07, 6.45) is 1.63. The topological polar surface area (TPSA) is 70.1 Å². The molecule has 1 fully saturated rings. The molecular formula is C14H13BrN2O4S. The average molecular weight is 385 g/mol. The van der Waals surface area contributed by atoms with Gasteiger partial charge in [-0.25, -0.2) is 4.79 Å². The summed E-state index contributed by atoms with van der Waals surface area (Å²) in [5.74, 6) is -0.923. The zero-order valence-electron chi connectivity index (χ0n) is 11.9. The minimum atomic E-state index is -1.07. The number of hydrogen-bond acceptors (Lipinski definition) is 4. The molecule has 22 heavy (non-hydrogen) atoms. The fourth-order valence-electron chi connectivity index (χ4n) is 1.94. The van der Waals surface area contributed by atoms with Gasteiger partial charge in [-0.05, 0) is 36.5 Å². The van der Waals surface area contributed by atoms with Gasteiger partial charge < -0.3 is 14.7 Å². The van der Waals surface area contributed by atoms with Crippen molar-refractivity contribution in [2.24, 2.45) is 0 Å². The van der Waals surface area contributed by atoms with Crippen molar-refractivity contribution in [3.63, 3.8) is 0 Å². The van der Waals surface area contributed by atoms with E-state index in [-0.39, 0.29) is 5.91 Å². The number of rotatable bonds is 4. The minimum absolute atomic E-state index is 0.225. The van der Waals surface area contributed by atoms with Gasteiger partial charge in [0.2, 0.25) is 0 Å². The van der Waals surface area contributed by atoms with Crippen molar-refractivity contribution >= 4 is 51.2 Å². The van der Waals surface area contributed by atoms with Gasteiger partial charge in [0.05, 0.1) is 0 Å². The number of carboxylic acids is 1. The summed E-state index contributed by atoms with van der Waals surface area (Å²) < 4.78 is 6.03. The number of hydrogen-bond donors (Lipinski definition) is 1. The van der Waals surface area contributed by atoms with Crippen LogP contribution in [-0.4, -0.2) is 52.6 Å². The molecule has 1 N–H and O–H groups in total. The number of amides is 1. The monoisotopic (exact) mass is 384 g/mol. The SMILES string of the molecule is CN1C(=O)C(=Cc2cc(Br)ccc2OCC(=O)O)N(C)C1=S. The summed E-state index contributed by atoms with van der Waals surface area (Å²) in [5, 5.41) is 9.12. The minimum Gasteiger partial charge on any atom is -0.481 e. The van der Waals surface area contributed by atoms with Crippen molar-refractivity contribution in [1.29, 1.82) is 0 Å². The average Bonchev–Trinajstić information content (AvgIpc) is 2.64. The number of halogens is 1. The van der Waals surface area contributed by atoms with Crippen molar-refractivity contribution in [2.75, 3.05) is 20.7 Å². The highest BCUT2D eigenvalue weighted by molar-refractivity contribution is 9.10. The van der Waals surface area contributed by atoms with Crippen molar-refractivity contribution < 1.29 is 19.4 Å². The molecule has 1 aromatic carbocycles. The lowest BCUT2D eigenvalue weighted by Crippen LogP contribution is -2.26. The van der Waals surface area contributed by atoms with E-state index in [0.29, 0.717) is 22.1 Å². The van der Waals surface area contributed by atoms with E-state index in [4.69, 9.17) is 22.1 Å². The second kappa shape index (κ2) is 6.45. The van der Waals surface area contributed by atoms with Crippen molar-refractivity contribution in [1.82, 2.24) is 9.80 Å². The lowest BCUT2D eigenvalue weighted by atomic mass is 10.1. The number of thiocarbonyl (C=S) groups is 1. The Labute approximate surface area is 141 Å². The third-order valence-corrected chi connectivity index (χ3v) is 4.12. The molecule has 0 bridgehead atoms. The van der Waals surface area contributed by atoms with E-state index in [9.17, 15) is 9.59 Å². The second-order valence-corrected chi connectivity index (χ2v) is 5.88. The van der Waals surface area contributed by atoms with Crippen LogP contribution in [-0.2, 0) is 9.59 Å². The Hall–Kier alpha value is -1.93. The number of nitrogens with zero attached hydrogens (tertiary/aromatic N) is 2. The van der Waals surface area contributed by atoms with Crippen LogP contribution in [0.15, 0.2) is 28.4 Å². The van der Waals surface area contributed by atoms with Crippen molar-refractivity contribution in [3.8, 4) is 5.75 Å². The van der Waals surface area contributed by atoms with Crippen LogP contribution in [0.2, 0.25) is 0 Å². The number of carbonyl (C=O) groups is 2. The molecule has 0 atom stereocenters. The Morgan fingerprint density at radius 3 is 2.64 bits per heavy atom. The maximum absolute atomic E-state index is 12.2. The zero-order valence-corrected chi connectivity index (χ0v) is 14.3. The summed E-state index contributed by atoms with van der Waals surface area (Å²) >= 11 is 8.49. The smallest absolute Gasteiger partial charge is 0.341 e. The van der Waals surface area contributed by atoms with Gasteiger partial charge >= 0.3 is 5.97 Å². The number of carbonyl (C=O) groups excluding carboxylic acids is 1. The number of aliphatic carboxylic acids is 1. The first-order valence-corrected chi connectivity index (χ1v) is 7.43. The maximum Gasteiger partial charge on any atom is 0.341 e. The van der Waals surface area contributed by atoms with E-state index in [1.54, 1.807) is 43.3 Å². The zero-order chi connectivity index (χ0) is 16.4. The standard InChI is InChI=1S/C14H13BrN2O4S/c1-16-10(13(20)17(2)14(16)22)6-8-5-9(15)3-4-11(8)21-7-12(18)19/h3-6H,7H2,1-2H3,(H,18,19). The lowest BCUT2D eigenvalue weighted by Gasteiger charge is -2.12. The molecule has 0 unspecified atom stereocenters. The van der Waals surface area contributed by atoms with Crippen LogP contribution in [0, 0.1) is 0 Å². The molecule has 0 spiro atoms. The molecule has 6 nitrogen and oxygen atoms in total.